The van der Waals surface area contributed by atoms with Gasteiger partial charge in [0.05, 0.1) is 22.0 Å². The van der Waals surface area contributed by atoms with Crippen molar-refractivity contribution in [2.24, 2.45) is 0 Å². The molecular formula is C17H18ClN3OS. The molecule has 6 heteroatoms. The quantitative estimate of drug-likeness (QED) is 0.756. The standard InChI is InChI=1S/C17H17N3OS.ClH/c1-3-16-18-15(12(2)22-16)10-9-13-11-20(19-17(13)21)14-7-5-4-6-8-14;/h4-11H,3H2,1-2H3,(H,19,21);1H/b10-9+;. The van der Waals surface area contributed by atoms with Crippen molar-refractivity contribution in [1.82, 2.24) is 14.8 Å². The highest BCUT2D eigenvalue weighted by molar-refractivity contribution is 7.11. The molecule has 0 aliphatic heterocycles. The van der Waals surface area contributed by atoms with Crippen LogP contribution in [0.3, 0.4) is 0 Å². The molecule has 0 saturated heterocycles. The van der Waals surface area contributed by atoms with Gasteiger partial charge in [0.25, 0.3) is 0 Å². The van der Waals surface area contributed by atoms with Crippen molar-refractivity contribution in [3.05, 3.63) is 57.7 Å². The smallest absolute Gasteiger partial charge is 0.238 e. The molecule has 0 spiro atoms. The number of hydrogen-bond donors (Lipinski definition) is 1. The molecule has 0 aliphatic carbocycles. The molecular weight excluding hydrogens is 330 g/mol. The van der Waals surface area contributed by atoms with Crippen LogP contribution in [0.2, 0.25) is 0 Å². The van der Waals surface area contributed by atoms with Crippen LogP contribution in [0.5, 0.6) is 5.88 Å². The highest BCUT2D eigenvalue weighted by Gasteiger charge is 2.07. The van der Waals surface area contributed by atoms with Crippen LogP contribution in [0, 0.1) is 6.92 Å². The lowest BCUT2D eigenvalue weighted by molar-refractivity contribution is 0.447. The number of rotatable bonds is 4. The maximum atomic E-state index is 9.99. The molecule has 3 rings (SSSR count). The SMILES string of the molecule is CCc1nc(/C=C/c2cn(-c3ccccc3)nc2O)c(C)s1.Cl. The molecule has 2 aromatic heterocycles. The van der Waals surface area contributed by atoms with Crippen LogP contribution >= 0.6 is 23.7 Å². The van der Waals surface area contributed by atoms with Gasteiger partial charge in [-0.2, -0.15) is 0 Å². The van der Waals surface area contributed by atoms with Crippen molar-refractivity contribution >= 4 is 35.9 Å². The Labute approximate surface area is 145 Å². The van der Waals surface area contributed by atoms with Gasteiger partial charge in [-0.1, -0.05) is 25.1 Å². The van der Waals surface area contributed by atoms with E-state index in [1.165, 1.54) is 4.88 Å². The molecule has 4 nitrogen and oxygen atoms in total. The van der Waals surface area contributed by atoms with Crippen LogP contribution < -0.4 is 0 Å². The fourth-order valence-corrected chi connectivity index (χ4v) is 3.01. The van der Waals surface area contributed by atoms with E-state index in [0.717, 1.165) is 22.8 Å². The number of hydrogen-bond acceptors (Lipinski definition) is 4. The zero-order valence-electron chi connectivity index (χ0n) is 12.9. The number of para-hydroxylation sites is 1. The fraction of sp³-hybridized carbons (Fsp3) is 0.176. The third-order valence-corrected chi connectivity index (χ3v) is 4.47. The Kier molecular flexibility index (Phi) is 5.58. The maximum absolute atomic E-state index is 9.99. The van der Waals surface area contributed by atoms with Gasteiger partial charge in [0.1, 0.15) is 0 Å². The molecule has 1 aromatic carbocycles. The molecule has 23 heavy (non-hydrogen) atoms. The molecule has 0 aliphatic rings. The topological polar surface area (TPSA) is 50.9 Å². The van der Waals surface area contributed by atoms with Gasteiger partial charge >= 0.3 is 0 Å². The molecule has 3 aromatic rings. The summed E-state index contributed by atoms with van der Waals surface area (Å²) in [5.41, 5.74) is 2.54. The Balaban J connectivity index is 0.00000192. The van der Waals surface area contributed by atoms with Crippen molar-refractivity contribution < 1.29 is 5.11 Å². The van der Waals surface area contributed by atoms with E-state index < -0.39 is 0 Å². The number of aromatic nitrogens is 3. The van der Waals surface area contributed by atoms with Gasteiger partial charge in [-0.3, -0.25) is 0 Å². The van der Waals surface area contributed by atoms with Gasteiger partial charge in [-0.25, -0.2) is 9.67 Å². The number of aryl methyl sites for hydroxylation is 2. The summed E-state index contributed by atoms with van der Waals surface area (Å²) >= 11 is 1.71. The summed E-state index contributed by atoms with van der Waals surface area (Å²) in [5.74, 6) is 0.0173. The summed E-state index contributed by atoms with van der Waals surface area (Å²) in [4.78, 5) is 5.74. The van der Waals surface area contributed by atoms with E-state index >= 15 is 0 Å². The van der Waals surface area contributed by atoms with Crippen LogP contribution in [0.25, 0.3) is 17.8 Å². The van der Waals surface area contributed by atoms with Gasteiger partial charge in [0.15, 0.2) is 0 Å². The molecule has 0 radical (unpaired) electrons. The Hall–Kier alpha value is -2.11. The second-order valence-electron chi connectivity index (χ2n) is 4.92. The van der Waals surface area contributed by atoms with E-state index in [9.17, 15) is 5.11 Å². The monoisotopic (exact) mass is 347 g/mol. The molecule has 0 saturated carbocycles. The minimum atomic E-state index is 0. The highest BCUT2D eigenvalue weighted by Crippen LogP contribution is 2.23. The lowest BCUT2D eigenvalue weighted by Gasteiger charge is -1.97. The molecule has 0 unspecified atom stereocenters. The van der Waals surface area contributed by atoms with Gasteiger partial charge in [-0.15, -0.1) is 28.8 Å². The van der Waals surface area contributed by atoms with Crippen LogP contribution in [0.15, 0.2) is 36.5 Å². The zero-order valence-corrected chi connectivity index (χ0v) is 14.6. The average Bonchev–Trinajstić information content (AvgIpc) is 3.09. The third kappa shape index (κ3) is 3.81. The van der Waals surface area contributed by atoms with E-state index in [1.807, 2.05) is 48.7 Å². The maximum Gasteiger partial charge on any atom is 0.238 e. The summed E-state index contributed by atoms with van der Waals surface area (Å²) in [7, 11) is 0. The normalized spacial score (nSPS) is 10.9. The first-order chi connectivity index (χ1) is 10.7. The Morgan fingerprint density at radius 1 is 1.22 bits per heavy atom. The summed E-state index contributed by atoms with van der Waals surface area (Å²) in [6.07, 6.45) is 6.53. The summed E-state index contributed by atoms with van der Waals surface area (Å²) in [5, 5.41) is 15.3. The molecule has 120 valence electrons. The van der Waals surface area contributed by atoms with Crippen LogP contribution in [-0.4, -0.2) is 19.9 Å². The van der Waals surface area contributed by atoms with Crippen LogP contribution in [-0.2, 0) is 6.42 Å². The number of thiazole rings is 1. The first-order valence-corrected chi connectivity index (χ1v) is 7.97. The highest BCUT2D eigenvalue weighted by atomic mass is 35.5. The number of halogens is 1. The van der Waals surface area contributed by atoms with Gasteiger partial charge < -0.3 is 5.11 Å². The molecule has 0 bridgehead atoms. The van der Waals surface area contributed by atoms with E-state index in [-0.39, 0.29) is 18.3 Å². The minimum absolute atomic E-state index is 0. The van der Waals surface area contributed by atoms with Crippen LogP contribution in [0.1, 0.15) is 28.1 Å². The van der Waals surface area contributed by atoms with Crippen molar-refractivity contribution in [2.75, 3.05) is 0 Å². The second-order valence-corrected chi connectivity index (χ2v) is 6.21. The van der Waals surface area contributed by atoms with Crippen molar-refractivity contribution in [2.45, 2.75) is 20.3 Å². The lowest BCUT2D eigenvalue weighted by Crippen LogP contribution is -1.92. The van der Waals surface area contributed by atoms with Crippen molar-refractivity contribution in [1.29, 1.82) is 0 Å². The van der Waals surface area contributed by atoms with Gasteiger partial charge in [0, 0.05) is 11.1 Å². The summed E-state index contributed by atoms with van der Waals surface area (Å²) in [6.45, 7) is 4.16. The zero-order chi connectivity index (χ0) is 15.5. The predicted octanol–water partition coefficient (Wildman–Crippen LogP) is 4.50. The molecule has 0 atom stereocenters. The van der Waals surface area contributed by atoms with E-state index in [1.54, 1.807) is 16.0 Å². The van der Waals surface area contributed by atoms with Gasteiger partial charge in [0.2, 0.25) is 5.88 Å². The first-order valence-electron chi connectivity index (χ1n) is 7.16. The van der Waals surface area contributed by atoms with Crippen molar-refractivity contribution in [3.8, 4) is 11.6 Å². The van der Waals surface area contributed by atoms with E-state index in [4.69, 9.17) is 0 Å². The second kappa shape index (κ2) is 7.44. The largest absolute Gasteiger partial charge is 0.492 e. The summed E-state index contributed by atoms with van der Waals surface area (Å²) < 4.78 is 1.67. The van der Waals surface area contributed by atoms with Crippen molar-refractivity contribution in [3.63, 3.8) is 0 Å². The third-order valence-electron chi connectivity index (χ3n) is 3.34. The predicted molar refractivity (Wildman–Crippen MR) is 97.6 cm³/mol. The lowest BCUT2D eigenvalue weighted by atomic mass is 10.2. The van der Waals surface area contributed by atoms with Crippen LogP contribution in [0.4, 0.5) is 0 Å². The van der Waals surface area contributed by atoms with Gasteiger partial charge in [-0.05, 0) is 37.6 Å². The Bertz CT molecular complexity index is 809. The summed E-state index contributed by atoms with van der Waals surface area (Å²) in [6, 6.07) is 9.71. The molecule has 2 heterocycles. The molecule has 1 N–H and O–H groups in total. The molecule has 0 amide bonds. The number of nitrogens with zero attached hydrogens (tertiary/aromatic N) is 3. The average molecular weight is 348 g/mol. The fourth-order valence-electron chi connectivity index (χ4n) is 2.15. The number of benzene rings is 1. The Morgan fingerprint density at radius 2 is 1.96 bits per heavy atom. The van der Waals surface area contributed by atoms with E-state index in [0.29, 0.717) is 5.56 Å². The van der Waals surface area contributed by atoms with E-state index in [2.05, 4.69) is 23.9 Å². The minimum Gasteiger partial charge on any atom is -0.492 e. The first kappa shape index (κ1) is 17.2. The Morgan fingerprint density at radius 3 is 2.61 bits per heavy atom. The number of aromatic hydroxyl groups is 1. The molecule has 0 fully saturated rings.